The summed E-state index contributed by atoms with van der Waals surface area (Å²) in [5, 5.41) is 27.4. The summed E-state index contributed by atoms with van der Waals surface area (Å²) in [4.78, 5) is 12.8. The molecule has 12 heavy (non-hydrogen) atoms. The van der Waals surface area contributed by atoms with Crippen molar-refractivity contribution in [2.75, 3.05) is 0 Å². The lowest BCUT2D eigenvalue weighted by molar-refractivity contribution is -0.385. The monoisotopic (exact) mass is 165 g/mol. The van der Waals surface area contributed by atoms with Crippen LogP contribution in [0.2, 0.25) is 0 Å². The molecule has 6 heteroatoms. The Hall–Kier alpha value is -2.16. The Morgan fingerprint density at radius 1 is 1.75 bits per heavy atom. The summed E-state index contributed by atoms with van der Waals surface area (Å²) in [6.07, 6.45) is 0.915. The first-order valence-corrected chi connectivity index (χ1v) is 2.88. The van der Waals surface area contributed by atoms with E-state index in [2.05, 4.69) is 4.98 Å². The molecule has 0 fully saturated rings. The molecule has 1 aromatic heterocycles. The van der Waals surface area contributed by atoms with E-state index in [4.69, 9.17) is 10.4 Å². The smallest absolute Gasteiger partial charge is 0.291 e. The molecule has 0 saturated heterocycles. The van der Waals surface area contributed by atoms with E-state index in [1.54, 1.807) is 6.07 Å². The highest BCUT2D eigenvalue weighted by molar-refractivity contribution is 5.43. The van der Waals surface area contributed by atoms with Gasteiger partial charge >= 0.3 is 0 Å². The number of rotatable bonds is 1. The van der Waals surface area contributed by atoms with Crippen LogP contribution in [0.25, 0.3) is 0 Å². The lowest BCUT2D eigenvalue weighted by Gasteiger charge is -1.93. The predicted molar refractivity (Wildman–Crippen MR) is 37.3 cm³/mol. The number of nitriles is 1. The molecule has 0 saturated carbocycles. The number of hydrogen-bond donors (Lipinski definition) is 1. The van der Waals surface area contributed by atoms with Crippen molar-refractivity contribution in [2.45, 2.75) is 0 Å². The van der Waals surface area contributed by atoms with Crippen LogP contribution in [0.5, 0.6) is 5.75 Å². The Kier molecular flexibility index (Phi) is 1.88. The fourth-order valence-corrected chi connectivity index (χ4v) is 0.629. The normalized spacial score (nSPS) is 8.92. The molecule has 6 nitrogen and oxygen atoms in total. The standard InChI is InChI=1S/C6H3N3O3/c7-2-5-6(10)1-4(3-8-5)9(11)12/h1,3,10H. The number of pyridine rings is 1. The molecule has 1 heterocycles. The van der Waals surface area contributed by atoms with Crippen molar-refractivity contribution in [3.63, 3.8) is 0 Å². The molecule has 0 bridgehead atoms. The van der Waals surface area contributed by atoms with Crippen molar-refractivity contribution in [1.82, 2.24) is 4.98 Å². The molecule has 0 atom stereocenters. The van der Waals surface area contributed by atoms with Gasteiger partial charge in [0.2, 0.25) is 0 Å². The summed E-state index contributed by atoms with van der Waals surface area (Å²) >= 11 is 0. The van der Waals surface area contributed by atoms with Gasteiger partial charge in [0.15, 0.2) is 11.4 Å². The second-order valence-electron chi connectivity index (χ2n) is 1.93. The van der Waals surface area contributed by atoms with E-state index in [-0.39, 0.29) is 11.4 Å². The summed E-state index contributed by atoms with van der Waals surface area (Å²) in [7, 11) is 0. The van der Waals surface area contributed by atoms with Gasteiger partial charge in [0.25, 0.3) is 5.69 Å². The van der Waals surface area contributed by atoms with Gasteiger partial charge in [0.05, 0.1) is 11.0 Å². The average Bonchev–Trinajstić information content (AvgIpc) is 2.04. The third kappa shape index (κ3) is 1.29. The van der Waals surface area contributed by atoms with Gasteiger partial charge in [-0.25, -0.2) is 4.98 Å². The second-order valence-corrected chi connectivity index (χ2v) is 1.93. The van der Waals surface area contributed by atoms with Crippen LogP contribution in [0.15, 0.2) is 12.3 Å². The Morgan fingerprint density at radius 2 is 2.42 bits per heavy atom. The van der Waals surface area contributed by atoms with Gasteiger partial charge in [-0.15, -0.1) is 0 Å². The molecule has 0 radical (unpaired) electrons. The number of aromatic hydroxyl groups is 1. The zero-order chi connectivity index (χ0) is 9.14. The average molecular weight is 165 g/mol. The van der Waals surface area contributed by atoms with Crippen LogP contribution >= 0.6 is 0 Å². The lowest BCUT2D eigenvalue weighted by Crippen LogP contribution is -1.90. The molecule has 1 rings (SSSR count). The lowest BCUT2D eigenvalue weighted by atomic mass is 10.3. The number of aromatic nitrogens is 1. The van der Waals surface area contributed by atoms with Crippen molar-refractivity contribution in [1.29, 1.82) is 5.26 Å². The van der Waals surface area contributed by atoms with Gasteiger partial charge in [-0.1, -0.05) is 0 Å². The Morgan fingerprint density at radius 3 is 2.83 bits per heavy atom. The molecular formula is C6H3N3O3. The molecule has 0 aliphatic carbocycles. The molecule has 1 N–H and O–H groups in total. The van der Waals surface area contributed by atoms with Crippen LogP contribution in [0.3, 0.4) is 0 Å². The van der Waals surface area contributed by atoms with Crippen molar-refractivity contribution >= 4 is 5.69 Å². The van der Waals surface area contributed by atoms with Crippen LogP contribution in [0.4, 0.5) is 5.69 Å². The maximum absolute atomic E-state index is 10.1. The largest absolute Gasteiger partial charge is 0.505 e. The predicted octanol–water partition coefficient (Wildman–Crippen LogP) is 0.567. The molecule has 0 aliphatic heterocycles. The summed E-state index contributed by atoms with van der Waals surface area (Å²) in [5.41, 5.74) is -0.563. The molecule has 1 aromatic rings. The minimum atomic E-state index is -0.701. The maximum Gasteiger partial charge on any atom is 0.291 e. The second kappa shape index (κ2) is 2.84. The summed E-state index contributed by atoms with van der Waals surface area (Å²) in [6.45, 7) is 0. The van der Waals surface area contributed by atoms with Gasteiger partial charge in [-0.05, 0) is 0 Å². The zero-order valence-corrected chi connectivity index (χ0v) is 5.76. The van der Waals surface area contributed by atoms with Crippen LogP contribution in [0, 0.1) is 21.4 Å². The molecule has 0 spiro atoms. The first-order chi connectivity index (χ1) is 5.65. The third-order valence-electron chi connectivity index (χ3n) is 1.17. The number of nitro groups is 1. The van der Waals surface area contributed by atoms with Crippen LogP contribution in [-0.4, -0.2) is 15.0 Å². The van der Waals surface area contributed by atoms with Gasteiger partial charge in [0, 0.05) is 0 Å². The van der Waals surface area contributed by atoms with Gasteiger partial charge < -0.3 is 5.11 Å². The molecular weight excluding hydrogens is 162 g/mol. The highest BCUT2D eigenvalue weighted by Gasteiger charge is 2.10. The van der Waals surface area contributed by atoms with E-state index < -0.39 is 10.7 Å². The van der Waals surface area contributed by atoms with E-state index in [1.807, 2.05) is 0 Å². The molecule has 0 unspecified atom stereocenters. The van der Waals surface area contributed by atoms with E-state index >= 15 is 0 Å². The van der Waals surface area contributed by atoms with Gasteiger partial charge in [0.1, 0.15) is 12.3 Å². The first-order valence-electron chi connectivity index (χ1n) is 2.88. The molecule has 60 valence electrons. The van der Waals surface area contributed by atoms with E-state index in [1.165, 1.54) is 0 Å². The fraction of sp³-hybridized carbons (Fsp3) is 0. The summed E-state index contributed by atoms with van der Waals surface area (Å²) in [5.74, 6) is -0.480. The highest BCUT2D eigenvalue weighted by atomic mass is 16.6. The number of nitrogens with zero attached hydrogens (tertiary/aromatic N) is 3. The fourth-order valence-electron chi connectivity index (χ4n) is 0.629. The topological polar surface area (TPSA) is 100 Å². The van der Waals surface area contributed by atoms with Crippen molar-refractivity contribution in [2.24, 2.45) is 0 Å². The van der Waals surface area contributed by atoms with Crippen LogP contribution in [0.1, 0.15) is 5.69 Å². The van der Waals surface area contributed by atoms with E-state index in [0.717, 1.165) is 12.3 Å². The quantitative estimate of drug-likeness (QED) is 0.484. The molecule has 0 aliphatic rings. The molecule has 0 aromatic carbocycles. The number of hydrogen-bond acceptors (Lipinski definition) is 5. The van der Waals surface area contributed by atoms with E-state index in [0.29, 0.717) is 0 Å². The maximum atomic E-state index is 10.1. The summed E-state index contributed by atoms with van der Waals surface area (Å²) < 4.78 is 0. The van der Waals surface area contributed by atoms with Gasteiger partial charge in [-0.2, -0.15) is 5.26 Å². The third-order valence-corrected chi connectivity index (χ3v) is 1.17. The Bertz CT molecular complexity index is 369. The van der Waals surface area contributed by atoms with Crippen LogP contribution in [-0.2, 0) is 0 Å². The SMILES string of the molecule is N#Cc1ncc([N+](=O)[O-])cc1O. The minimum absolute atomic E-state index is 0.222. The van der Waals surface area contributed by atoms with Gasteiger partial charge in [-0.3, -0.25) is 10.1 Å². The summed E-state index contributed by atoms with van der Waals surface area (Å²) in [6, 6.07) is 2.46. The Labute approximate surface area is 66.9 Å². The van der Waals surface area contributed by atoms with Crippen molar-refractivity contribution < 1.29 is 10.0 Å². The highest BCUT2D eigenvalue weighted by Crippen LogP contribution is 2.19. The van der Waals surface area contributed by atoms with Crippen molar-refractivity contribution in [3.8, 4) is 11.8 Å². The Balaban J connectivity index is 3.21. The first kappa shape index (κ1) is 7.94. The van der Waals surface area contributed by atoms with Crippen LogP contribution < -0.4 is 0 Å². The minimum Gasteiger partial charge on any atom is -0.505 e. The zero-order valence-electron chi connectivity index (χ0n) is 5.76. The van der Waals surface area contributed by atoms with Crippen molar-refractivity contribution in [3.05, 3.63) is 28.1 Å². The molecule has 0 amide bonds. The van der Waals surface area contributed by atoms with E-state index in [9.17, 15) is 10.1 Å².